The van der Waals surface area contributed by atoms with Gasteiger partial charge in [-0.3, -0.25) is 0 Å². The third kappa shape index (κ3) is 3.05. The normalized spacial score (nSPS) is 18.0. The van der Waals surface area contributed by atoms with Crippen LogP contribution in [-0.4, -0.2) is 25.5 Å². The summed E-state index contributed by atoms with van der Waals surface area (Å²) < 4.78 is 52.3. The van der Waals surface area contributed by atoms with Crippen LogP contribution in [-0.2, 0) is 10.0 Å². The summed E-state index contributed by atoms with van der Waals surface area (Å²) in [6, 6.07) is 1.38. The van der Waals surface area contributed by atoms with Gasteiger partial charge < -0.3 is 10.9 Å². The van der Waals surface area contributed by atoms with Gasteiger partial charge in [0.25, 0.3) is 0 Å². The van der Waals surface area contributed by atoms with Gasteiger partial charge in [-0.25, -0.2) is 21.9 Å². The number of nitrogens with two attached hydrogens (primary N) is 1. The van der Waals surface area contributed by atoms with E-state index < -0.39 is 32.6 Å². The maximum absolute atomic E-state index is 13.1. The van der Waals surface area contributed by atoms with E-state index in [1.54, 1.807) is 0 Å². The third-order valence-corrected chi connectivity index (χ3v) is 4.45. The highest BCUT2D eigenvalue weighted by Crippen LogP contribution is 2.33. The summed E-state index contributed by atoms with van der Waals surface area (Å²) in [6.07, 6.45) is 1.47. The van der Waals surface area contributed by atoms with Crippen molar-refractivity contribution in [1.29, 1.82) is 0 Å². The van der Waals surface area contributed by atoms with Crippen molar-refractivity contribution in [2.75, 3.05) is 0 Å². The highest BCUT2D eigenvalue weighted by Gasteiger charge is 2.37. The average molecular weight is 305 g/mol. The molecule has 1 aliphatic rings. The maximum Gasteiger partial charge on any atom is 0.241 e. The van der Waals surface area contributed by atoms with E-state index in [2.05, 4.69) is 9.88 Å². The number of benzene rings is 1. The zero-order valence-corrected chi connectivity index (χ0v) is 11.1. The van der Waals surface area contributed by atoms with Gasteiger partial charge in [0.05, 0.1) is 10.9 Å². The average Bonchev–Trinajstić information content (AvgIpc) is 3.22. The minimum Gasteiger partial charge on any atom is -0.409 e. The number of amidine groups is 1. The summed E-state index contributed by atoms with van der Waals surface area (Å²) in [6.45, 7) is 0. The molecule has 0 spiro atoms. The fourth-order valence-corrected chi connectivity index (χ4v) is 3.06. The predicted octanol–water partition coefficient (Wildman–Crippen LogP) is 0.768. The Hall–Kier alpha value is -1.74. The number of oxime groups is 1. The molecule has 4 N–H and O–H groups in total. The number of halogens is 2. The lowest BCUT2D eigenvalue weighted by atomic mass is 10.2. The largest absolute Gasteiger partial charge is 0.409 e. The topological polar surface area (TPSA) is 105 Å². The first-order valence-electron chi connectivity index (χ1n) is 5.80. The second-order valence-electron chi connectivity index (χ2n) is 4.54. The number of nitrogens with zero attached hydrogens (tertiary/aromatic N) is 1. The predicted molar refractivity (Wildman–Crippen MR) is 66.6 cm³/mol. The van der Waals surface area contributed by atoms with E-state index in [-0.39, 0.29) is 11.8 Å². The van der Waals surface area contributed by atoms with Crippen LogP contribution in [0, 0.1) is 17.6 Å². The Morgan fingerprint density at radius 1 is 1.40 bits per heavy atom. The number of nitrogens with one attached hydrogen (secondary N) is 1. The van der Waals surface area contributed by atoms with E-state index in [1.807, 2.05) is 0 Å². The van der Waals surface area contributed by atoms with Crippen LogP contribution in [0.25, 0.3) is 0 Å². The molecule has 0 aromatic heterocycles. The quantitative estimate of drug-likeness (QED) is 0.323. The van der Waals surface area contributed by atoms with Crippen LogP contribution in [0.15, 0.2) is 28.3 Å². The Labute approximate surface area is 114 Å². The zero-order chi connectivity index (χ0) is 14.9. The minimum absolute atomic E-state index is 0.0639. The van der Waals surface area contributed by atoms with E-state index >= 15 is 0 Å². The molecule has 1 aliphatic carbocycles. The molecule has 2 rings (SSSR count). The van der Waals surface area contributed by atoms with Gasteiger partial charge in [-0.2, -0.15) is 0 Å². The first-order valence-corrected chi connectivity index (χ1v) is 7.28. The summed E-state index contributed by atoms with van der Waals surface area (Å²) in [5, 5.41) is 11.4. The molecule has 6 nitrogen and oxygen atoms in total. The van der Waals surface area contributed by atoms with Crippen LogP contribution in [0.1, 0.15) is 12.8 Å². The van der Waals surface area contributed by atoms with Crippen LogP contribution < -0.4 is 10.5 Å². The van der Waals surface area contributed by atoms with E-state index in [4.69, 9.17) is 10.9 Å². The van der Waals surface area contributed by atoms with Crippen LogP contribution >= 0.6 is 0 Å². The molecule has 20 heavy (non-hydrogen) atoms. The number of hydrogen-bond donors (Lipinski definition) is 3. The van der Waals surface area contributed by atoms with Gasteiger partial charge in [-0.05, 0) is 37.0 Å². The standard InChI is InChI=1S/C11H13F2N3O3S/c12-8-4-3-7(5-9(8)13)20(18,19)16-10(6-1-2-6)11(14)15-17/h3-6,10,16-17H,1-2H2,(H2,14,15). The van der Waals surface area contributed by atoms with Gasteiger partial charge >= 0.3 is 0 Å². The van der Waals surface area contributed by atoms with Crippen LogP contribution in [0.2, 0.25) is 0 Å². The lowest BCUT2D eigenvalue weighted by Gasteiger charge is -2.16. The van der Waals surface area contributed by atoms with Crippen LogP contribution in [0.4, 0.5) is 8.78 Å². The zero-order valence-electron chi connectivity index (χ0n) is 10.3. The van der Waals surface area contributed by atoms with Gasteiger partial charge in [0, 0.05) is 0 Å². The Morgan fingerprint density at radius 2 is 2.05 bits per heavy atom. The van der Waals surface area contributed by atoms with E-state index in [9.17, 15) is 17.2 Å². The molecule has 0 amide bonds. The molecule has 1 aromatic rings. The SMILES string of the molecule is NC(=NO)C(NS(=O)(=O)c1ccc(F)c(F)c1)C1CC1. The van der Waals surface area contributed by atoms with Crippen molar-refractivity contribution in [1.82, 2.24) is 4.72 Å². The Morgan fingerprint density at radius 3 is 2.55 bits per heavy atom. The fraction of sp³-hybridized carbons (Fsp3) is 0.364. The van der Waals surface area contributed by atoms with Gasteiger partial charge in [0.1, 0.15) is 0 Å². The van der Waals surface area contributed by atoms with E-state index in [1.165, 1.54) is 0 Å². The minimum atomic E-state index is -4.09. The van der Waals surface area contributed by atoms with Crippen molar-refractivity contribution in [3.63, 3.8) is 0 Å². The van der Waals surface area contributed by atoms with Crippen molar-refractivity contribution in [3.05, 3.63) is 29.8 Å². The van der Waals surface area contributed by atoms with Crippen molar-refractivity contribution in [2.24, 2.45) is 16.8 Å². The second kappa shape index (κ2) is 5.33. The second-order valence-corrected chi connectivity index (χ2v) is 6.25. The number of rotatable bonds is 5. The lowest BCUT2D eigenvalue weighted by molar-refractivity contribution is 0.314. The molecular formula is C11H13F2N3O3S. The van der Waals surface area contributed by atoms with E-state index in [0.29, 0.717) is 6.07 Å². The summed E-state index contributed by atoms with van der Waals surface area (Å²) in [4.78, 5) is -0.423. The summed E-state index contributed by atoms with van der Waals surface area (Å²) in [5.74, 6) is -2.73. The summed E-state index contributed by atoms with van der Waals surface area (Å²) >= 11 is 0. The fourth-order valence-electron chi connectivity index (χ4n) is 1.77. The molecule has 9 heteroatoms. The van der Waals surface area contributed by atoms with Crippen molar-refractivity contribution in [2.45, 2.75) is 23.8 Å². The molecule has 1 atom stereocenters. The Balaban J connectivity index is 2.27. The molecular weight excluding hydrogens is 292 g/mol. The highest BCUT2D eigenvalue weighted by atomic mass is 32.2. The molecule has 1 aromatic carbocycles. The smallest absolute Gasteiger partial charge is 0.241 e. The molecule has 0 bridgehead atoms. The third-order valence-electron chi connectivity index (χ3n) is 3.01. The van der Waals surface area contributed by atoms with Crippen LogP contribution in [0.3, 0.4) is 0 Å². The molecule has 1 fully saturated rings. The van der Waals surface area contributed by atoms with Gasteiger partial charge in [0.2, 0.25) is 10.0 Å². The highest BCUT2D eigenvalue weighted by molar-refractivity contribution is 7.89. The van der Waals surface area contributed by atoms with Gasteiger partial charge in [-0.1, -0.05) is 5.16 Å². The van der Waals surface area contributed by atoms with Crippen molar-refractivity contribution < 1.29 is 22.4 Å². The first kappa shape index (κ1) is 14.7. The number of hydrogen-bond acceptors (Lipinski definition) is 4. The maximum atomic E-state index is 13.1. The van der Waals surface area contributed by atoms with Gasteiger partial charge in [-0.15, -0.1) is 0 Å². The van der Waals surface area contributed by atoms with Crippen molar-refractivity contribution in [3.8, 4) is 0 Å². The molecule has 1 saturated carbocycles. The van der Waals surface area contributed by atoms with Crippen molar-refractivity contribution >= 4 is 15.9 Å². The Bertz CT molecular complexity index is 644. The number of sulfonamides is 1. The summed E-state index contributed by atoms with van der Waals surface area (Å²) in [7, 11) is -4.09. The first-order chi connectivity index (χ1) is 9.35. The molecule has 1 unspecified atom stereocenters. The van der Waals surface area contributed by atoms with Crippen LogP contribution in [0.5, 0.6) is 0 Å². The molecule has 110 valence electrons. The van der Waals surface area contributed by atoms with Gasteiger partial charge in [0.15, 0.2) is 17.5 Å². The van der Waals surface area contributed by atoms with E-state index in [0.717, 1.165) is 25.0 Å². The molecule has 0 heterocycles. The summed E-state index contributed by atoms with van der Waals surface area (Å²) in [5.41, 5.74) is 5.44. The molecule has 0 radical (unpaired) electrons. The monoisotopic (exact) mass is 305 g/mol. The Kier molecular flexibility index (Phi) is 3.91. The molecule has 0 saturated heterocycles. The molecule has 0 aliphatic heterocycles. The lowest BCUT2D eigenvalue weighted by Crippen LogP contribution is -2.46.